The van der Waals surface area contributed by atoms with Gasteiger partial charge in [0.15, 0.2) is 0 Å². The summed E-state index contributed by atoms with van der Waals surface area (Å²) in [6.07, 6.45) is -4.22. The first-order chi connectivity index (χ1) is 20.3. The summed E-state index contributed by atoms with van der Waals surface area (Å²) >= 11 is 1.86. The van der Waals surface area contributed by atoms with Crippen LogP contribution in [-0.4, -0.2) is 50.1 Å². The lowest BCUT2D eigenvalue weighted by atomic mass is 9.73. The number of fused-ring (bicyclic) bond motifs is 1. The first kappa shape index (κ1) is 29.9. The van der Waals surface area contributed by atoms with E-state index >= 15 is 0 Å². The van der Waals surface area contributed by atoms with Crippen LogP contribution in [0.2, 0.25) is 0 Å². The molecule has 0 bridgehead atoms. The van der Waals surface area contributed by atoms with Gasteiger partial charge in [0.2, 0.25) is 11.8 Å². The summed E-state index contributed by atoms with van der Waals surface area (Å²) in [6, 6.07) is 10.5. The van der Waals surface area contributed by atoms with Crippen molar-refractivity contribution in [2.75, 3.05) is 13.1 Å². The fraction of sp³-hybridized carbons (Fsp3) is 0.433. The van der Waals surface area contributed by atoms with Gasteiger partial charge in [0.25, 0.3) is 5.56 Å². The third-order valence-corrected chi connectivity index (χ3v) is 10.6. The molecule has 4 aromatic rings. The molecule has 1 amide bonds. The summed E-state index contributed by atoms with van der Waals surface area (Å²) in [5, 5.41) is 14.8. The molecule has 6 rings (SSSR count). The number of alkyl halides is 5. The zero-order valence-corrected chi connectivity index (χ0v) is 24.5. The predicted molar refractivity (Wildman–Crippen MR) is 154 cm³/mol. The molecule has 1 aliphatic carbocycles. The van der Waals surface area contributed by atoms with Crippen molar-refractivity contribution in [2.45, 2.75) is 62.3 Å². The lowest BCUT2D eigenvalue weighted by Crippen LogP contribution is -2.52. The van der Waals surface area contributed by atoms with Gasteiger partial charge in [-0.05, 0) is 41.8 Å². The number of amides is 1. The van der Waals surface area contributed by atoms with E-state index in [1.165, 1.54) is 32.5 Å². The molecule has 2 aliphatic rings. The van der Waals surface area contributed by atoms with Crippen molar-refractivity contribution in [1.29, 1.82) is 0 Å². The fourth-order valence-electron chi connectivity index (χ4n) is 6.20. The molecule has 2 atom stereocenters. The molecule has 1 saturated carbocycles. The van der Waals surface area contributed by atoms with E-state index in [0.29, 0.717) is 22.2 Å². The Morgan fingerprint density at radius 1 is 1.07 bits per heavy atom. The number of aliphatic hydroxyl groups is 1. The lowest BCUT2D eigenvalue weighted by Gasteiger charge is -2.42. The molecule has 4 heterocycles. The van der Waals surface area contributed by atoms with E-state index < -0.39 is 53.2 Å². The summed E-state index contributed by atoms with van der Waals surface area (Å²) in [7, 11) is 0. The summed E-state index contributed by atoms with van der Waals surface area (Å²) in [5.41, 5.74) is 0.0596. The molecule has 1 N–H and O–H groups in total. The Morgan fingerprint density at radius 3 is 2.47 bits per heavy atom. The van der Waals surface area contributed by atoms with E-state index in [4.69, 9.17) is 0 Å². The normalized spacial score (nSPS) is 22.1. The van der Waals surface area contributed by atoms with Crippen LogP contribution in [0.3, 0.4) is 0 Å². The molecule has 2 unspecified atom stereocenters. The van der Waals surface area contributed by atoms with E-state index in [1.54, 1.807) is 5.38 Å². The smallest absolute Gasteiger partial charge is 0.388 e. The Kier molecular flexibility index (Phi) is 7.70. The number of carbonyl (C=O) groups excluding carboxylic acids is 1. The maximum Gasteiger partial charge on any atom is 0.425 e. The van der Waals surface area contributed by atoms with E-state index in [-0.39, 0.29) is 50.0 Å². The maximum atomic E-state index is 14.4. The zero-order valence-electron chi connectivity index (χ0n) is 22.8. The van der Waals surface area contributed by atoms with Gasteiger partial charge < -0.3 is 10.0 Å². The van der Waals surface area contributed by atoms with Crippen molar-refractivity contribution in [2.24, 2.45) is 5.92 Å². The highest BCUT2D eigenvalue weighted by Gasteiger charge is 2.47. The number of rotatable bonds is 5. The number of carbonyl (C=O) groups is 1. The topological polar surface area (TPSA) is 75.4 Å². The Labute approximate surface area is 251 Å². The van der Waals surface area contributed by atoms with Gasteiger partial charge in [-0.25, -0.2) is 13.8 Å². The van der Waals surface area contributed by atoms with Crippen molar-refractivity contribution < 1.29 is 31.9 Å². The minimum atomic E-state index is -4.59. The van der Waals surface area contributed by atoms with Gasteiger partial charge in [-0.1, -0.05) is 30.3 Å². The molecular weight excluding hydrogens is 609 g/mol. The highest BCUT2D eigenvalue weighted by molar-refractivity contribution is 7.15. The average Bonchev–Trinajstić information content (AvgIpc) is 3.63. The zero-order chi connectivity index (χ0) is 30.6. The number of hydrogen-bond acceptors (Lipinski definition) is 6. The standard InChI is InChI=1S/C30H28F5N3O3S2/c31-29(32)7-6-20(21(13-29)19-12-23(42-14-19)30(33,34)35)26(39)37-10-8-28(41,9-11-37)16-38-17-36-24-22(27(38)40)15-43-25(24)18-4-2-1-3-5-18/h1-5,12,14-15,17,20-21,41H,6-11,13,16H2. The third-order valence-electron chi connectivity index (χ3n) is 8.56. The van der Waals surface area contributed by atoms with Crippen LogP contribution in [0.15, 0.2) is 58.3 Å². The van der Waals surface area contributed by atoms with Crippen LogP contribution in [0, 0.1) is 5.92 Å². The van der Waals surface area contributed by atoms with E-state index in [9.17, 15) is 36.6 Å². The summed E-state index contributed by atoms with van der Waals surface area (Å²) in [6.45, 7) is 0.238. The van der Waals surface area contributed by atoms with Crippen molar-refractivity contribution in [3.63, 3.8) is 0 Å². The number of hydrogen-bond donors (Lipinski definition) is 1. The molecule has 0 spiro atoms. The van der Waals surface area contributed by atoms with Crippen molar-refractivity contribution in [3.05, 3.63) is 74.3 Å². The quantitative estimate of drug-likeness (QED) is 0.245. The van der Waals surface area contributed by atoms with Crippen LogP contribution in [0.1, 0.15) is 48.5 Å². The average molecular weight is 638 g/mol. The Morgan fingerprint density at radius 2 is 1.79 bits per heavy atom. The second-order valence-electron chi connectivity index (χ2n) is 11.5. The SMILES string of the molecule is O=C(C1CCC(F)(F)CC1c1csc(C(F)(F)F)c1)N1CCC(O)(Cn2cnc3c(-c4ccccc4)scc3c2=O)CC1. The number of nitrogens with zero attached hydrogens (tertiary/aromatic N) is 3. The van der Waals surface area contributed by atoms with Crippen LogP contribution < -0.4 is 5.56 Å². The predicted octanol–water partition coefficient (Wildman–Crippen LogP) is 6.78. The van der Waals surface area contributed by atoms with Gasteiger partial charge in [-0.3, -0.25) is 14.2 Å². The minimum Gasteiger partial charge on any atom is -0.388 e. The van der Waals surface area contributed by atoms with Crippen molar-refractivity contribution in [3.8, 4) is 10.4 Å². The summed E-state index contributed by atoms with van der Waals surface area (Å²) in [5.74, 6) is -5.38. The number of thiophene rings is 2. The van der Waals surface area contributed by atoms with E-state index in [1.807, 2.05) is 30.3 Å². The Hall–Kier alpha value is -3.16. The largest absolute Gasteiger partial charge is 0.425 e. The molecule has 1 saturated heterocycles. The number of likely N-dealkylation sites (tertiary alicyclic amines) is 1. The Bertz CT molecular complexity index is 1690. The highest BCUT2D eigenvalue weighted by atomic mass is 32.1. The van der Waals surface area contributed by atoms with Gasteiger partial charge in [0, 0.05) is 43.1 Å². The highest BCUT2D eigenvalue weighted by Crippen LogP contribution is 2.48. The summed E-state index contributed by atoms with van der Waals surface area (Å²) in [4.78, 5) is 32.8. The number of halogens is 5. The van der Waals surface area contributed by atoms with E-state index in [2.05, 4.69) is 4.98 Å². The molecule has 13 heteroatoms. The third kappa shape index (κ3) is 5.99. The van der Waals surface area contributed by atoms with Crippen LogP contribution in [0.25, 0.3) is 21.3 Å². The maximum absolute atomic E-state index is 14.4. The monoisotopic (exact) mass is 637 g/mol. The number of benzene rings is 1. The molecule has 3 aromatic heterocycles. The molecule has 228 valence electrons. The van der Waals surface area contributed by atoms with Gasteiger partial charge in [0.1, 0.15) is 4.88 Å². The number of aromatic nitrogens is 2. The lowest BCUT2D eigenvalue weighted by molar-refractivity contribution is -0.145. The van der Waals surface area contributed by atoms with Crippen LogP contribution in [0.5, 0.6) is 0 Å². The van der Waals surface area contributed by atoms with Crippen LogP contribution in [-0.2, 0) is 17.5 Å². The molecule has 1 aromatic carbocycles. The molecule has 43 heavy (non-hydrogen) atoms. The molecule has 6 nitrogen and oxygen atoms in total. The van der Waals surface area contributed by atoms with E-state index in [0.717, 1.165) is 16.5 Å². The first-order valence-corrected chi connectivity index (χ1v) is 15.7. The Balaban J connectivity index is 1.15. The van der Waals surface area contributed by atoms with Crippen LogP contribution >= 0.6 is 22.7 Å². The van der Waals surface area contributed by atoms with Gasteiger partial charge in [0.05, 0.1) is 34.3 Å². The summed E-state index contributed by atoms with van der Waals surface area (Å²) < 4.78 is 69.7. The second kappa shape index (κ2) is 11.1. The molecular formula is C30H28F5N3O3S2. The molecule has 1 aliphatic heterocycles. The van der Waals surface area contributed by atoms with Crippen molar-refractivity contribution >= 4 is 39.5 Å². The fourth-order valence-corrected chi connectivity index (χ4v) is 8.04. The second-order valence-corrected chi connectivity index (χ2v) is 13.3. The molecule has 2 fully saturated rings. The van der Waals surface area contributed by atoms with Gasteiger partial charge >= 0.3 is 6.18 Å². The van der Waals surface area contributed by atoms with Crippen molar-refractivity contribution in [1.82, 2.24) is 14.5 Å². The van der Waals surface area contributed by atoms with Gasteiger partial charge in [-0.15, -0.1) is 22.7 Å². The number of piperidine rings is 1. The van der Waals surface area contributed by atoms with Gasteiger partial charge in [-0.2, -0.15) is 13.2 Å². The minimum absolute atomic E-state index is 0.0271. The molecule has 0 radical (unpaired) electrons. The van der Waals surface area contributed by atoms with Crippen LogP contribution in [0.4, 0.5) is 22.0 Å². The first-order valence-electron chi connectivity index (χ1n) is 13.9.